The number of sulfonamides is 1. The van der Waals surface area contributed by atoms with E-state index in [1.54, 1.807) is 12.1 Å². The van der Waals surface area contributed by atoms with E-state index in [0.717, 1.165) is 42.7 Å². The van der Waals surface area contributed by atoms with Crippen molar-refractivity contribution in [2.24, 2.45) is 0 Å². The molecule has 1 saturated heterocycles. The molecular weight excluding hydrogens is 320 g/mol. The first-order chi connectivity index (χ1) is 11.5. The third-order valence-electron chi connectivity index (χ3n) is 4.42. The zero-order valence-electron chi connectivity index (χ0n) is 14.2. The molecule has 1 N–H and O–H groups in total. The van der Waals surface area contributed by atoms with E-state index in [2.05, 4.69) is 9.62 Å². The summed E-state index contributed by atoms with van der Waals surface area (Å²) in [6.45, 7) is 5.87. The molecule has 2 aromatic rings. The van der Waals surface area contributed by atoms with Gasteiger partial charge in [0.05, 0.1) is 16.3 Å². The lowest BCUT2D eigenvalue weighted by Crippen LogP contribution is -2.30. The maximum Gasteiger partial charge on any atom is 0.261 e. The Kier molecular flexibility index (Phi) is 4.81. The van der Waals surface area contributed by atoms with Gasteiger partial charge in [-0.15, -0.1) is 0 Å². The zero-order chi connectivity index (χ0) is 17.2. The average Bonchev–Trinajstić information content (AvgIpc) is 2.56. The molecule has 0 spiro atoms. The van der Waals surface area contributed by atoms with Crippen LogP contribution in [0, 0.1) is 13.8 Å². The van der Waals surface area contributed by atoms with Crippen molar-refractivity contribution < 1.29 is 8.42 Å². The van der Waals surface area contributed by atoms with Gasteiger partial charge >= 0.3 is 0 Å². The molecule has 1 aliphatic heterocycles. The van der Waals surface area contributed by atoms with Gasteiger partial charge in [0, 0.05) is 13.1 Å². The molecule has 3 rings (SSSR count). The normalized spacial score (nSPS) is 15.3. The Balaban J connectivity index is 1.93. The Morgan fingerprint density at radius 3 is 2.17 bits per heavy atom. The van der Waals surface area contributed by atoms with E-state index < -0.39 is 10.0 Å². The first kappa shape index (κ1) is 16.8. The van der Waals surface area contributed by atoms with E-state index in [9.17, 15) is 8.42 Å². The van der Waals surface area contributed by atoms with E-state index in [4.69, 9.17) is 0 Å². The number of piperidine rings is 1. The topological polar surface area (TPSA) is 49.4 Å². The standard InChI is InChI=1S/C19H24N2O2S/c1-15-6-9-17(10-7-15)24(22,23)20-18-14-16(2)8-11-19(18)21-12-4-3-5-13-21/h6-11,14,20H,3-5,12-13H2,1-2H3. The van der Waals surface area contributed by atoms with Gasteiger partial charge in [-0.25, -0.2) is 8.42 Å². The van der Waals surface area contributed by atoms with Crippen molar-refractivity contribution in [3.63, 3.8) is 0 Å². The number of nitrogens with one attached hydrogen (secondary N) is 1. The monoisotopic (exact) mass is 344 g/mol. The molecule has 0 radical (unpaired) electrons. The predicted molar refractivity (Wildman–Crippen MR) is 99.2 cm³/mol. The molecule has 5 heteroatoms. The first-order valence-electron chi connectivity index (χ1n) is 8.41. The summed E-state index contributed by atoms with van der Waals surface area (Å²) in [5.74, 6) is 0. The van der Waals surface area contributed by atoms with Gasteiger partial charge in [0.25, 0.3) is 10.0 Å². The molecule has 128 valence electrons. The van der Waals surface area contributed by atoms with Gasteiger partial charge in [0.2, 0.25) is 0 Å². The number of hydrogen-bond donors (Lipinski definition) is 1. The molecule has 4 nitrogen and oxygen atoms in total. The lowest BCUT2D eigenvalue weighted by molar-refractivity contribution is 0.578. The minimum absolute atomic E-state index is 0.291. The molecule has 2 aromatic carbocycles. The van der Waals surface area contributed by atoms with Gasteiger partial charge in [-0.3, -0.25) is 4.72 Å². The summed E-state index contributed by atoms with van der Waals surface area (Å²) in [6.07, 6.45) is 3.54. The van der Waals surface area contributed by atoms with Crippen molar-refractivity contribution in [2.75, 3.05) is 22.7 Å². The van der Waals surface area contributed by atoms with Crippen molar-refractivity contribution in [1.29, 1.82) is 0 Å². The van der Waals surface area contributed by atoms with Crippen molar-refractivity contribution in [2.45, 2.75) is 38.0 Å². The summed E-state index contributed by atoms with van der Waals surface area (Å²) in [7, 11) is -3.58. The number of aryl methyl sites for hydroxylation is 2. The Bertz CT molecular complexity index is 808. The predicted octanol–water partition coefficient (Wildman–Crippen LogP) is 4.09. The summed E-state index contributed by atoms with van der Waals surface area (Å²) in [5.41, 5.74) is 3.71. The molecule has 1 aliphatic rings. The number of anilines is 2. The van der Waals surface area contributed by atoms with E-state index in [-0.39, 0.29) is 0 Å². The van der Waals surface area contributed by atoms with Crippen LogP contribution in [0.15, 0.2) is 47.4 Å². The fourth-order valence-electron chi connectivity index (χ4n) is 3.06. The molecule has 0 aromatic heterocycles. The lowest BCUT2D eigenvalue weighted by atomic mass is 10.1. The Morgan fingerprint density at radius 2 is 1.50 bits per heavy atom. The molecular formula is C19H24N2O2S. The van der Waals surface area contributed by atoms with Crippen LogP contribution in [0.1, 0.15) is 30.4 Å². The van der Waals surface area contributed by atoms with Crippen LogP contribution in [0.5, 0.6) is 0 Å². The molecule has 1 heterocycles. The van der Waals surface area contributed by atoms with Crippen LogP contribution in [0.3, 0.4) is 0 Å². The van der Waals surface area contributed by atoms with E-state index >= 15 is 0 Å². The third-order valence-corrected chi connectivity index (χ3v) is 5.81. The second-order valence-corrected chi connectivity index (χ2v) is 8.17. The molecule has 0 bridgehead atoms. The van der Waals surface area contributed by atoms with Crippen molar-refractivity contribution in [3.8, 4) is 0 Å². The highest BCUT2D eigenvalue weighted by atomic mass is 32.2. The van der Waals surface area contributed by atoms with Crippen LogP contribution in [0.25, 0.3) is 0 Å². The largest absolute Gasteiger partial charge is 0.370 e. The maximum atomic E-state index is 12.7. The molecule has 0 saturated carbocycles. The van der Waals surface area contributed by atoms with Gasteiger partial charge in [-0.1, -0.05) is 23.8 Å². The summed E-state index contributed by atoms with van der Waals surface area (Å²) >= 11 is 0. The van der Waals surface area contributed by atoms with E-state index in [1.807, 2.05) is 44.2 Å². The van der Waals surface area contributed by atoms with E-state index in [1.165, 1.54) is 6.42 Å². The number of hydrogen-bond acceptors (Lipinski definition) is 3. The van der Waals surface area contributed by atoms with Crippen molar-refractivity contribution >= 4 is 21.4 Å². The zero-order valence-corrected chi connectivity index (χ0v) is 15.1. The van der Waals surface area contributed by atoms with Gasteiger partial charge in [0.15, 0.2) is 0 Å². The highest BCUT2D eigenvalue weighted by Crippen LogP contribution is 2.31. The smallest absolute Gasteiger partial charge is 0.261 e. The number of nitrogens with zero attached hydrogens (tertiary/aromatic N) is 1. The third kappa shape index (κ3) is 3.73. The molecule has 1 fully saturated rings. The summed E-state index contributed by atoms with van der Waals surface area (Å²) < 4.78 is 28.3. The highest BCUT2D eigenvalue weighted by Gasteiger charge is 2.19. The lowest BCUT2D eigenvalue weighted by Gasteiger charge is -2.30. The van der Waals surface area contributed by atoms with Crippen LogP contribution in [0.2, 0.25) is 0 Å². The maximum absolute atomic E-state index is 12.7. The number of rotatable bonds is 4. The van der Waals surface area contributed by atoms with Crippen LogP contribution in [-0.4, -0.2) is 21.5 Å². The van der Waals surface area contributed by atoms with E-state index in [0.29, 0.717) is 10.6 Å². The SMILES string of the molecule is Cc1ccc(S(=O)(=O)Nc2cc(C)ccc2N2CCCCC2)cc1. The highest BCUT2D eigenvalue weighted by molar-refractivity contribution is 7.92. The summed E-state index contributed by atoms with van der Waals surface area (Å²) in [4.78, 5) is 2.56. The molecule has 0 unspecified atom stereocenters. The summed E-state index contributed by atoms with van der Waals surface area (Å²) in [6, 6.07) is 12.9. The second kappa shape index (κ2) is 6.85. The minimum Gasteiger partial charge on any atom is -0.370 e. The van der Waals surface area contributed by atoms with Crippen LogP contribution < -0.4 is 9.62 Å². The van der Waals surface area contributed by atoms with Crippen molar-refractivity contribution in [1.82, 2.24) is 0 Å². The minimum atomic E-state index is -3.58. The molecule has 0 aliphatic carbocycles. The van der Waals surface area contributed by atoms with Gasteiger partial charge in [0.1, 0.15) is 0 Å². The fraction of sp³-hybridized carbons (Fsp3) is 0.368. The quantitative estimate of drug-likeness (QED) is 0.908. The Morgan fingerprint density at radius 1 is 0.875 bits per heavy atom. The van der Waals surface area contributed by atoms with Crippen molar-refractivity contribution in [3.05, 3.63) is 53.6 Å². The molecule has 0 atom stereocenters. The first-order valence-corrected chi connectivity index (χ1v) is 9.89. The van der Waals surface area contributed by atoms with Crippen LogP contribution >= 0.6 is 0 Å². The second-order valence-electron chi connectivity index (χ2n) is 6.49. The van der Waals surface area contributed by atoms with Gasteiger partial charge < -0.3 is 4.90 Å². The van der Waals surface area contributed by atoms with Gasteiger partial charge in [-0.2, -0.15) is 0 Å². The molecule has 0 amide bonds. The Labute approximate surface area is 144 Å². The summed E-state index contributed by atoms with van der Waals surface area (Å²) in [5, 5.41) is 0. The number of benzene rings is 2. The van der Waals surface area contributed by atoms with Crippen LogP contribution in [0.4, 0.5) is 11.4 Å². The van der Waals surface area contributed by atoms with Gasteiger partial charge in [-0.05, 0) is 62.9 Å². The Hall–Kier alpha value is -2.01. The molecule has 24 heavy (non-hydrogen) atoms. The average molecular weight is 344 g/mol. The fourth-order valence-corrected chi connectivity index (χ4v) is 4.13. The van der Waals surface area contributed by atoms with Crippen LogP contribution in [-0.2, 0) is 10.0 Å².